The molecule has 8 aromatic carbocycles. The van der Waals surface area contributed by atoms with Crippen LogP contribution in [-0.4, -0.2) is 23.3 Å². The Morgan fingerprint density at radius 1 is 0.321 bits per heavy atom. The zero-order valence-electron chi connectivity index (χ0n) is 30.3. The molecule has 0 atom stereocenters. The molecule has 12 aromatic rings. The fourth-order valence-corrected chi connectivity index (χ4v) is 8.94. The van der Waals surface area contributed by atoms with Gasteiger partial charge in [0, 0.05) is 61.4 Å². The highest BCUT2D eigenvalue weighted by atomic mass is 15.1. The van der Waals surface area contributed by atoms with Crippen LogP contribution >= 0.6 is 0 Å². The van der Waals surface area contributed by atoms with Gasteiger partial charge in [-0.3, -0.25) is 4.57 Å². The second-order valence-corrected chi connectivity index (χ2v) is 14.5. The quantitative estimate of drug-likeness (QED) is 0.175. The van der Waals surface area contributed by atoms with Crippen LogP contribution in [0.15, 0.2) is 200 Å². The van der Waals surface area contributed by atoms with Gasteiger partial charge in [0.05, 0.1) is 38.6 Å². The molecule has 0 saturated heterocycles. The van der Waals surface area contributed by atoms with Crippen LogP contribution in [-0.2, 0) is 0 Å². The average Bonchev–Trinajstić information content (AvgIpc) is 4.03. The molecule has 5 heteroatoms. The van der Waals surface area contributed by atoms with Crippen LogP contribution in [0.3, 0.4) is 0 Å². The van der Waals surface area contributed by atoms with Crippen molar-refractivity contribution < 1.29 is 0 Å². The highest BCUT2D eigenvalue weighted by Crippen LogP contribution is 2.42. The lowest BCUT2D eigenvalue weighted by molar-refractivity contribution is 1.10. The number of benzene rings is 8. The Bertz CT molecular complexity index is 3440. The van der Waals surface area contributed by atoms with Gasteiger partial charge in [-0.2, -0.15) is 0 Å². The van der Waals surface area contributed by atoms with E-state index < -0.39 is 0 Å². The molecule has 12 rings (SSSR count). The molecule has 0 radical (unpaired) electrons. The van der Waals surface area contributed by atoms with Crippen molar-refractivity contribution in [2.75, 3.05) is 0 Å². The molecule has 0 spiro atoms. The Morgan fingerprint density at radius 2 is 0.893 bits per heavy atom. The highest BCUT2D eigenvalue weighted by molar-refractivity contribution is 6.23. The Hall–Kier alpha value is -7.63. The summed E-state index contributed by atoms with van der Waals surface area (Å²) in [5.74, 6) is 0.920. The minimum atomic E-state index is 0.920. The van der Waals surface area contributed by atoms with Crippen molar-refractivity contribution in [1.29, 1.82) is 0 Å². The van der Waals surface area contributed by atoms with Crippen molar-refractivity contribution >= 4 is 65.5 Å². The first-order valence-electron chi connectivity index (χ1n) is 19.1. The smallest absolute Gasteiger partial charge is 0.145 e. The van der Waals surface area contributed by atoms with Gasteiger partial charge in [-0.05, 0) is 103 Å². The summed E-state index contributed by atoms with van der Waals surface area (Å²) in [4.78, 5) is 5.17. The van der Waals surface area contributed by atoms with Gasteiger partial charge in [0.2, 0.25) is 0 Å². The van der Waals surface area contributed by atoms with Gasteiger partial charge in [0.1, 0.15) is 5.82 Å². The lowest BCUT2D eigenvalue weighted by Gasteiger charge is -2.12. The lowest BCUT2D eigenvalue weighted by Crippen LogP contribution is -1.98. The maximum Gasteiger partial charge on any atom is 0.145 e. The second kappa shape index (κ2) is 11.9. The van der Waals surface area contributed by atoms with Crippen molar-refractivity contribution in [3.05, 3.63) is 200 Å². The van der Waals surface area contributed by atoms with Gasteiger partial charge in [0.25, 0.3) is 0 Å². The zero-order chi connectivity index (χ0) is 36.7. The Morgan fingerprint density at radius 3 is 1.62 bits per heavy atom. The number of aromatic nitrogens is 5. The number of fused-ring (bicyclic) bond motifs is 9. The minimum absolute atomic E-state index is 0.920. The lowest BCUT2D eigenvalue weighted by atomic mass is 10.1. The van der Waals surface area contributed by atoms with E-state index in [1.165, 1.54) is 54.5 Å². The monoisotopic (exact) mass is 715 g/mol. The average molecular weight is 716 g/mol. The summed E-state index contributed by atoms with van der Waals surface area (Å²) >= 11 is 0. The van der Waals surface area contributed by atoms with Crippen LogP contribution in [0.4, 0.5) is 0 Å². The van der Waals surface area contributed by atoms with Gasteiger partial charge in [-0.25, -0.2) is 4.98 Å². The van der Waals surface area contributed by atoms with Gasteiger partial charge in [-0.15, -0.1) is 0 Å². The van der Waals surface area contributed by atoms with Crippen molar-refractivity contribution in [3.8, 4) is 34.1 Å². The molecule has 0 unspecified atom stereocenters. The molecular weight excluding hydrogens is 683 g/mol. The Labute approximate surface area is 322 Å². The summed E-state index contributed by atoms with van der Waals surface area (Å²) in [5.41, 5.74) is 13.5. The first kappa shape index (κ1) is 30.8. The van der Waals surface area contributed by atoms with E-state index in [0.717, 1.165) is 45.2 Å². The molecule has 0 fully saturated rings. The molecule has 0 bridgehead atoms. The van der Waals surface area contributed by atoms with E-state index in [9.17, 15) is 0 Å². The van der Waals surface area contributed by atoms with Crippen molar-refractivity contribution in [1.82, 2.24) is 23.3 Å². The van der Waals surface area contributed by atoms with Gasteiger partial charge in [-0.1, -0.05) is 91.0 Å². The molecular formula is C51H33N5. The van der Waals surface area contributed by atoms with Gasteiger partial charge >= 0.3 is 0 Å². The number of hydrogen-bond donors (Lipinski definition) is 0. The second-order valence-electron chi connectivity index (χ2n) is 14.5. The molecule has 0 aliphatic carbocycles. The molecule has 5 nitrogen and oxygen atoms in total. The van der Waals surface area contributed by atoms with E-state index in [1.807, 2.05) is 0 Å². The van der Waals surface area contributed by atoms with E-state index in [4.69, 9.17) is 4.98 Å². The number of hydrogen-bond acceptors (Lipinski definition) is 1. The molecule has 0 N–H and O–H groups in total. The van der Waals surface area contributed by atoms with E-state index >= 15 is 0 Å². The van der Waals surface area contributed by atoms with Crippen molar-refractivity contribution in [3.63, 3.8) is 0 Å². The van der Waals surface area contributed by atoms with Crippen LogP contribution in [0.2, 0.25) is 0 Å². The maximum absolute atomic E-state index is 5.17. The molecule has 4 heterocycles. The van der Waals surface area contributed by atoms with E-state index in [0.29, 0.717) is 0 Å². The van der Waals surface area contributed by atoms with Crippen molar-refractivity contribution in [2.24, 2.45) is 0 Å². The molecule has 0 aliphatic rings. The molecule has 0 aliphatic heterocycles. The fourth-order valence-electron chi connectivity index (χ4n) is 8.94. The summed E-state index contributed by atoms with van der Waals surface area (Å²) < 4.78 is 9.44. The van der Waals surface area contributed by atoms with Crippen LogP contribution < -0.4 is 0 Å². The fraction of sp³-hybridized carbons (Fsp3) is 0. The molecule has 262 valence electrons. The Balaban J connectivity index is 1.14. The van der Waals surface area contributed by atoms with Crippen LogP contribution in [0.25, 0.3) is 99.7 Å². The van der Waals surface area contributed by atoms with E-state index in [1.54, 1.807) is 0 Å². The van der Waals surface area contributed by atoms with Crippen molar-refractivity contribution in [2.45, 2.75) is 0 Å². The summed E-state index contributed by atoms with van der Waals surface area (Å²) in [6, 6.07) is 69.6. The number of rotatable bonds is 5. The summed E-state index contributed by atoms with van der Waals surface area (Å²) in [7, 11) is 0. The van der Waals surface area contributed by atoms with Gasteiger partial charge in [0.15, 0.2) is 0 Å². The van der Waals surface area contributed by atoms with E-state index in [-0.39, 0.29) is 0 Å². The summed E-state index contributed by atoms with van der Waals surface area (Å²) in [5, 5.41) is 6.11. The first-order valence-corrected chi connectivity index (χ1v) is 19.1. The first-order chi connectivity index (χ1) is 27.8. The number of para-hydroxylation sites is 6. The molecule has 0 amide bonds. The predicted molar refractivity (Wildman–Crippen MR) is 232 cm³/mol. The number of nitrogens with zero attached hydrogens (tertiary/aromatic N) is 5. The maximum atomic E-state index is 5.17. The highest BCUT2D eigenvalue weighted by Gasteiger charge is 2.21. The van der Waals surface area contributed by atoms with Crippen LogP contribution in [0.1, 0.15) is 0 Å². The SMILES string of the molecule is c1ccc(-n2ccc3c2ccc2c4cc5c(cc4n(-c4ccc(-c6nc7ccccc7n6-c6ccccc6)cc4)c23)c2ccccc2n5-c2ccccc2)cc1. The largest absolute Gasteiger partial charge is 0.316 e. The Kier molecular flexibility index (Phi) is 6.56. The van der Waals surface area contributed by atoms with Gasteiger partial charge < -0.3 is 13.7 Å². The minimum Gasteiger partial charge on any atom is -0.316 e. The van der Waals surface area contributed by atoms with Crippen LogP contribution in [0.5, 0.6) is 0 Å². The number of imidazole rings is 1. The predicted octanol–water partition coefficient (Wildman–Crippen LogP) is 12.8. The third kappa shape index (κ3) is 4.46. The molecule has 56 heavy (non-hydrogen) atoms. The zero-order valence-corrected chi connectivity index (χ0v) is 30.3. The topological polar surface area (TPSA) is 32.6 Å². The molecule has 4 aromatic heterocycles. The standard InChI is InChI=1S/C51H33N5/c1-4-14-35(15-5-1)53-31-30-41-45(53)29-28-40-43-33-48-42(39-20-10-12-22-46(39)54(48)36-16-6-2-7-17-36)32-49(43)55(50(40)41)38-26-24-34(25-27-38)51-52-44-21-11-13-23-47(44)56(51)37-18-8-3-9-19-37/h1-33H. The third-order valence-electron chi connectivity index (χ3n) is 11.4. The summed E-state index contributed by atoms with van der Waals surface area (Å²) in [6.07, 6.45) is 2.20. The summed E-state index contributed by atoms with van der Waals surface area (Å²) in [6.45, 7) is 0. The third-order valence-corrected chi connectivity index (χ3v) is 11.4. The normalized spacial score (nSPS) is 11.9. The van der Waals surface area contributed by atoms with Crippen LogP contribution in [0, 0.1) is 0 Å². The molecule has 0 saturated carbocycles. The van der Waals surface area contributed by atoms with E-state index in [2.05, 4.69) is 219 Å².